The van der Waals surface area contributed by atoms with Crippen molar-refractivity contribution in [3.8, 4) is 11.5 Å². The van der Waals surface area contributed by atoms with Crippen LogP contribution in [0.5, 0.6) is 11.5 Å². The first kappa shape index (κ1) is 29.9. The minimum absolute atomic E-state index is 0.0211. The Labute approximate surface area is 206 Å². The van der Waals surface area contributed by atoms with Gasteiger partial charge < -0.3 is 29.8 Å². The molecule has 35 heavy (non-hydrogen) atoms. The summed E-state index contributed by atoms with van der Waals surface area (Å²) in [5, 5.41) is 9.65. The van der Waals surface area contributed by atoms with Crippen LogP contribution in [0.1, 0.15) is 72.8 Å². The lowest BCUT2D eigenvalue weighted by molar-refractivity contribution is -0.140. The number of benzene rings is 1. The molecule has 0 aliphatic rings. The van der Waals surface area contributed by atoms with E-state index in [9.17, 15) is 24.3 Å². The normalized spacial score (nSPS) is 14.7. The van der Waals surface area contributed by atoms with E-state index in [1.807, 2.05) is 20.8 Å². The van der Waals surface area contributed by atoms with Crippen LogP contribution in [0.25, 0.3) is 0 Å². The van der Waals surface area contributed by atoms with E-state index in [0.717, 1.165) is 0 Å². The zero-order chi connectivity index (χ0) is 26.9. The molecule has 3 N–H and O–H groups in total. The second kappa shape index (κ2) is 13.1. The van der Waals surface area contributed by atoms with Crippen LogP contribution in [-0.4, -0.2) is 47.9 Å². The SMILES string of the molecule is CCC(=O)Oc1ccc(C(C(C)C(C)OC(=O)OCC(C)(C)C)[C@H](N)C(=O)O)cc1OC(=O)CC. The third-order valence-electron chi connectivity index (χ3n) is 5.26. The zero-order valence-corrected chi connectivity index (χ0v) is 21.5. The molecule has 0 saturated heterocycles. The zero-order valence-electron chi connectivity index (χ0n) is 21.5. The number of aliphatic carboxylic acids is 1. The molecule has 10 nitrogen and oxygen atoms in total. The van der Waals surface area contributed by atoms with Crippen molar-refractivity contribution >= 4 is 24.1 Å². The second-order valence-electron chi connectivity index (χ2n) is 9.53. The van der Waals surface area contributed by atoms with Gasteiger partial charge in [0, 0.05) is 24.7 Å². The highest BCUT2D eigenvalue weighted by atomic mass is 16.7. The number of rotatable bonds is 11. The molecular weight excluding hydrogens is 458 g/mol. The van der Waals surface area contributed by atoms with Gasteiger partial charge in [-0.3, -0.25) is 14.4 Å². The van der Waals surface area contributed by atoms with E-state index in [0.29, 0.717) is 5.56 Å². The van der Waals surface area contributed by atoms with Gasteiger partial charge in [0.05, 0.1) is 6.61 Å². The van der Waals surface area contributed by atoms with E-state index >= 15 is 0 Å². The second-order valence-corrected chi connectivity index (χ2v) is 9.53. The van der Waals surface area contributed by atoms with Crippen LogP contribution in [0.3, 0.4) is 0 Å². The smallest absolute Gasteiger partial charge is 0.480 e. The fourth-order valence-corrected chi connectivity index (χ4v) is 3.14. The number of nitrogens with two attached hydrogens (primary N) is 1. The Kier molecular flexibility index (Phi) is 11.2. The van der Waals surface area contributed by atoms with Crippen LogP contribution in [0.4, 0.5) is 4.79 Å². The lowest BCUT2D eigenvalue weighted by Crippen LogP contribution is -2.42. The van der Waals surface area contributed by atoms with Crippen molar-refractivity contribution in [2.45, 2.75) is 79.4 Å². The molecule has 3 unspecified atom stereocenters. The molecule has 10 heteroatoms. The minimum atomic E-state index is -1.37. The molecular formula is C25H37NO9. The fourth-order valence-electron chi connectivity index (χ4n) is 3.14. The topological polar surface area (TPSA) is 151 Å². The number of ether oxygens (including phenoxy) is 4. The van der Waals surface area contributed by atoms with Gasteiger partial charge in [-0.25, -0.2) is 4.79 Å². The standard InChI is InChI=1S/C25H37NO9/c1-8-19(27)34-17-11-10-16(12-18(17)35-20(28)9-2)21(22(26)23(29)30)14(3)15(4)33-24(31)32-13-25(5,6)7/h10-12,14-15,21-22H,8-9,13,26H2,1-7H3,(H,29,30)/t14?,15?,21?,22-/m0/s1. The van der Waals surface area contributed by atoms with Crippen molar-refractivity contribution in [2.75, 3.05) is 6.61 Å². The Bertz CT molecular complexity index is 907. The van der Waals surface area contributed by atoms with Crippen molar-refractivity contribution in [3.63, 3.8) is 0 Å². The largest absolute Gasteiger partial charge is 0.508 e. The number of hydrogen-bond donors (Lipinski definition) is 2. The Hall–Kier alpha value is -3.14. The van der Waals surface area contributed by atoms with Gasteiger partial charge >= 0.3 is 24.1 Å². The van der Waals surface area contributed by atoms with Crippen LogP contribution < -0.4 is 15.2 Å². The highest BCUT2D eigenvalue weighted by molar-refractivity contribution is 5.77. The Morgan fingerprint density at radius 2 is 1.51 bits per heavy atom. The molecule has 0 bridgehead atoms. The van der Waals surface area contributed by atoms with Gasteiger partial charge in [-0.15, -0.1) is 0 Å². The molecule has 0 heterocycles. The van der Waals surface area contributed by atoms with Crippen molar-refractivity contribution in [1.29, 1.82) is 0 Å². The fraction of sp³-hybridized carbons (Fsp3) is 0.600. The summed E-state index contributed by atoms with van der Waals surface area (Å²) in [5.74, 6) is -3.82. The number of carboxylic acids is 1. The molecule has 1 aromatic rings. The molecule has 0 aliphatic heterocycles. The maximum atomic E-state index is 12.2. The van der Waals surface area contributed by atoms with Gasteiger partial charge in [0.1, 0.15) is 12.1 Å². The highest BCUT2D eigenvalue weighted by Gasteiger charge is 2.36. The monoisotopic (exact) mass is 495 g/mol. The van der Waals surface area contributed by atoms with E-state index < -0.39 is 48.0 Å². The summed E-state index contributed by atoms with van der Waals surface area (Å²) in [5.41, 5.74) is 6.18. The molecule has 0 saturated carbocycles. The van der Waals surface area contributed by atoms with Crippen molar-refractivity contribution in [3.05, 3.63) is 23.8 Å². The molecule has 0 amide bonds. The maximum Gasteiger partial charge on any atom is 0.508 e. The first-order valence-corrected chi connectivity index (χ1v) is 11.6. The molecule has 0 aliphatic carbocycles. The van der Waals surface area contributed by atoms with Crippen LogP contribution >= 0.6 is 0 Å². The maximum absolute atomic E-state index is 12.2. The van der Waals surface area contributed by atoms with E-state index in [4.69, 9.17) is 24.7 Å². The molecule has 0 radical (unpaired) electrons. The number of hydrogen-bond acceptors (Lipinski definition) is 9. The number of carbonyl (C=O) groups excluding carboxylic acids is 3. The van der Waals surface area contributed by atoms with E-state index in [1.54, 1.807) is 27.7 Å². The molecule has 0 spiro atoms. The Morgan fingerprint density at radius 3 is 2.00 bits per heavy atom. The van der Waals surface area contributed by atoms with Crippen LogP contribution in [0, 0.1) is 11.3 Å². The summed E-state index contributed by atoms with van der Waals surface area (Å²) in [6.07, 6.45) is -1.47. The summed E-state index contributed by atoms with van der Waals surface area (Å²) in [7, 11) is 0. The lowest BCUT2D eigenvalue weighted by Gasteiger charge is -2.31. The summed E-state index contributed by atoms with van der Waals surface area (Å²) in [4.78, 5) is 47.7. The lowest BCUT2D eigenvalue weighted by atomic mass is 9.79. The van der Waals surface area contributed by atoms with Crippen molar-refractivity contribution < 1.29 is 43.2 Å². The Morgan fingerprint density at radius 1 is 0.971 bits per heavy atom. The predicted molar refractivity (Wildman–Crippen MR) is 127 cm³/mol. The van der Waals surface area contributed by atoms with Gasteiger partial charge in [0.2, 0.25) is 0 Å². The molecule has 4 atom stereocenters. The third-order valence-corrected chi connectivity index (χ3v) is 5.26. The molecule has 0 aromatic heterocycles. The first-order valence-electron chi connectivity index (χ1n) is 11.6. The van der Waals surface area contributed by atoms with Gasteiger partial charge in [-0.05, 0) is 30.0 Å². The van der Waals surface area contributed by atoms with Crippen molar-refractivity contribution in [2.24, 2.45) is 17.1 Å². The number of esters is 2. The molecule has 0 fully saturated rings. The summed E-state index contributed by atoms with van der Waals surface area (Å²) in [6.45, 7) is 12.4. The molecule has 196 valence electrons. The predicted octanol–water partition coefficient (Wildman–Crippen LogP) is 4.04. The third kappa shape index (κ3) is 9.56. The summed E-state index contributed by atoms with van der Waals surface area (Å²) in [6, 6.07) is 3.00. The quantitative estimate of drug-likeness (QED) is 0.340. The van der Waals surface area contributed by atoms with Crippen LogP contribution in [0.2, 0.25) is 0 Å². The van der Waals surface area contributed by atoms with Crippen LogP contribution in [0.15, 0.2) is 18.2 Å². The average Bonchev–Trinajstić information content (AvgIpc) is 2.78. The summed E-state index contributed by atoms with van der Waals surface area (Å²) >= 11 is 0. The highest BCUT2D eigenvalue weighted by Crippen LogP contribution is 2.37. The van der Waals surface area contributed by atoms with Gasteiger partial charge in [-0.2, -0.15) is 0 Å². The number of carbonyl (C=O) groups is 4. The van der Waals surface area contributed by atoms with Gasteiger partial charge in [-0.1, -0.05) is 47.6 Å². The van der Waals surface area contributed by atoms with E-state index in [-0.39, 0.29) is 36.4 Å². The van der Waals surface area contributed by atoms with Crippen LogP contribution in [-0.2, 0) is 23.9 Å². The minimum Gasteiger partial charge on any atom is -0.480 e. The number of carboxylic acid groups (broad SMARTS) is 1. The van der Waals surface area contributed by atoms with Gasteiger partial charge in [0.25, 0.3) is 0 Å². The van der Waals surface area contributed by atoms with E-state index in [2.05, 4.69) is 0 Å². The first-order chi connectivity index (χ1) is 16.2. The van der Waals surface area contributed by atoms with E-state index in [1.165, 1.54) is 18.2 Å². The molecule has 1 aromatic carbocycles. The Balaban J connectivity index is 3.31. The molecule has 1 rings (SSSR count). The van der Waals surface area contributed by atoms with Crippen molar-refractivity contribution in [1.82, 2.24) is 0 Å². The average molecular weight is 496 g/mol. The van der Waals surface area contributed by atoms with Gasteiger partial charge in [0.15, 0.2) is 11.5 Å². The summed E-state index contributed by atoms with van der Waals surface area (Å²) < 4.78 is 21.1.